The smallest absolute Gasteiger partial charge is 0.306 e. The third-order valence-corrected chi connectivity index (χ3v) is 14.8. The van der Waals surface area contributed by atoms with Crippen molar-refractivity contribution >= 4 is 17.9 Å². The predicted molar refractivity (Wildman–Crippen MR) is 330 cm³/mol. The third kappa shape index (κ3) is 62.0. The molecule has 0 amide bonds. The van der Waals surface area contributed by atoms with Crippen molar-refractivity contribution in [1.29, 1.82) is 0 Å². The first-order chi connectivity index (χ1) is 37.5. The molecule has 76 heavy (non-hydrogen) atoms. The number of esters is 3. The zero-order valence-electron chi connectivity index (χ0n) is 50.8. The molecule has 0 bridgehead atoms. The first-order valence-corrected chi connectivity index (χ1v) is 33.3. The molecule has 0 saturated heterocycles. The summed E-state index contributed by atoms with van der Waals surface area (Å²) in [7, 11) is 0. The Morgan fingerprint density at radius 3 is 0.816 bits per heavy atom. The molecule has 0 saturated carbocycles. The lowest BCUT2D eigenvalue weighted by Crippen LogP contribution is -2.30. The summed E-state index contributed by atoms with van der Waals surface area (Å²) in [5.74, 6) is -0.859. The number of hydrogen-bond donors (Lipinski definition) is 0. The van der Waals surface area contributed by atoms with Gasteiger partial charge in [-0.25, -0.2) is 0 Å². The number of hydrogen-bond acceptors (Lipinski definition) is 6. The molecule has 0 fully saturated rings. The largest absolute Gasteiger partial charge is 0.462 e. The molecule has 6 heteroatoms. The second-order valence-electron chi connectivity index (χ2n) is 22.4. The maximum atomic E-state index is 12.9. The van der Waals surface area contributed by atoms with Gasteiger partial charge in [-0.15, -0.1) is 0 Å². The van der Waals surface area contributed by atoms with Crippen LogP contribution in [-0.2, 0) is 28.6 Å². The summed E-state index contributed by atoms with van der Waals surface area (Å²) in [6, 6.07) is 0. The van der Waals surface area contributed by atoms with Gasteiger partial charge in [-0.2, -0.15) is 0 Å². The Hall–Kier alpha value is -2.89. The molecule has 0 N–H and O–H groups in total. The van der Waals surface area contributed by atoms with Gasteiger partial charge >= 0.3 is 17.9 Å². The maximum Gasteiger partial charge on any atom is 0.306 e. The van der Waals surface area contributed by atoms with Gasteiger partial charge in [0.1, 0.15) is 13.2 Å². The summed E-state index contributed by atoms with van der Waals surface area (Å²) < 4.78 is 16.9. The Balaban J connectivity index is 4.13. The van der Waals surface area contributed by atoms with Crippen molar-refractivity contribution in [1.82, 2.24) is 0 Å². The van der Waals surface area contributed by atoms with Crippen molar-refractivity contribution in [3.05, 3.63) is 60.8 Å². The van der Waals surface area contributed by atoms with E-state index in [-0.39, 0.29) is 31.1 Å². The van der Waals surface area contributed by atoms with Crippen LogP contribution in [0, 0.1) is 0 Å². The van der Waals surface area contributed by atoms with Gasteiger partial charge in [0.05, 0.1) is 0 Å². The molecule has 0 radical (unpaired) electrons. The minimum Gasteiger partial charge on any atom is -0.462 e. The van der Waals surface area contributed by atoms with Crippen LogP contribution in [0.3, 0.4) is 0 Å². The zero-order chi connectivity index (χ0) is 55.0. The molecule has 6 nitrogen and oxygen atoms in total. The highest BCUT2D eigenvalue weighted by molar-refractivity contribution is 5.71. The van der Waals surface area contributed by atoms with Gasteiger partial charge in [0.15, 0.2) is 6.10 Å². The van der Waals surface area contributed by atoms with Crippen molar-refractivity contribution in [3.63, 3.8) is 0 Å². The van der Waals surface area contributed by atoms with Gasteiger partial charge in [0, 0.05) is 19.3 Å². The summed E-state index contributed by atoms with van der Waals surface area (Å²) >= 11 is 0. The highest BCUT2D eigenvalue weighted by Gasteiger charge is 2.19. The fraction of sp³-hybridized carbons (Fsp3) is 0.814. The highest BCUT2D eigenvalue weighted by atomic mass is 16.6. The first-order valence-electron chi connectivity index (χ1n) is 33.3. The van der Waals surface area contributed by atoms with Crippen molar-refractivity contribution in [2.24, 2.45) is 0 Å². The molecule has 1 atom stereocenters. The Bertz CT molecular complexity index is 1360. The van der Waals surface area contributed by atoms with E-state index in [1.807, 2.05) is 0 Å². The van der Waals surface area contributed by atoms with E-state index in [1.165, 1.54) is 218 Å². The van der Waals surface area contributed by atoms with Gasteiger partial charge in [0.2, 0.25) is 0 Å². The van der Waals surface area contributed by atoms with E-state index in [1.54, 1.807) is 0 Å². The molecule has 0 aliphatic heterocycles. The van der Waals surface area contributed by atoms with Crippen LogP contribution in [-0.4, -0.2) is 37.2 Å². The quantitative estimate of drug-likeness (QED) is 0.0261. The lowest BCUT2D eigenvalue weighted by molar-refractivity contribution is -0.167. The van der Waals surface area contributed by atoms with Crippen molar-refractivity contribution in [2.45, 2.75) is 354 Å². The maximum absolute atomic E-state index is 12.9. The number of unbranched alkanes of at least 4 members (excludes halogenated alkanes) is 40. The Morgan fingerprint density at radius 1 is 0.276 bits per heavy atom. The summed E-state index contributed by atoms with van der Waals surface area (Å²) in [6.45, 7) is 6.56. The molecular weight excluding hydrogens is 937 g/mol. The highest BCUT2D eigenvalue weighted by Crippen LogP contribution is 2.18. The Morgan fingerprint density at radius 2 is 0.513 bits per heavy atom. The lowest BCUT2D eigenvalue weighted by atomic mass is 10.0. The molecule has 442 valence electrons. The third-order valence-electron chi connectivity index (χ3n) is 14.8. The fourth-order valence-electron chi connectivity index (χ4n) is 9.79. The van der Waals surface area contributed by atoms with Crippen LogP contribution >= 0.6 is 0 Å². The van der Waals surface area contributed by atoms with E-state index in [9.17, 15) is 14.4 Å². The zero-order valence-corrected chi connectivity index (χ0v) is 50.8. The minimum atomic E-state index is -0.774. The fourth-order valence-corrected chi connectivity index (χ4v) is 9.79. The van der Waals surface area contributed by atoms with Crippen LogP contribution in [0.2, 0.25) is 0 Å². The monoisotopic (exact) mass is 1060 g/mol. The van der Waals surface area contributed by atoms with Gasteiger partial charge in [0.25, 0.3) is 0 Å². The van der Waals surface area contributed by atoms with Gasteiger partial charge in [-0.05, 0) is 83.5 Å². The number of carbonyl (C=O) groups excluding carboxylic acids is 3. The summed E-state index contributed by atoms with van der Waals surface area (Å²) in [4.78, 5) is 38.3. The number of carbonyl (C=O) groups is 3. The Labute approximate surface area is 472 Å². The molecule has 0 heterocycles. The van der Waals surface area contributed by atoms with E-state index >= 15 is 0 Å². The summed E-state index contributed by atoms with van der Waals surface area (Å²) in [6.07, 6.45) is 82.5. The topological polar surface area (TPSA) is 78.9 Å². The number of ether oxygens (including phenoxy) is 3. The Kier molecular flexibility index (Phi) is 62.2. The minimum absolute atomic E-state index is 0.0716. The van der Waals surface area contributed by atoms with E-state index in [0.29, 0.717) is 19.3 Å². The average molecular weight is 1060 g/mol. The molecule has 0 aromatic rings. The van der Waals surface area contributed by atoms with E-state index in [2.05, 4.69) is 81.5 Å². The molecule has 1 unspecified atom stereocenters. The number of rotatable bonds is 61. The predicted octanol–water partition coefficient (Wildman–Crippen LogP) is 22.7. The molecule has 0 rings (SSSR count). The van der Waals surface area contributed by atoms with Gasteiger partial charge < -0.3 is 14.2 Å². The molecule has 0 aromatic heterocycles. The van der Waals surface area contributed by atoms with Crippen molar-refractivity contribution in [3.8, 4) is 0 Å². The van der Waals surface area contributed by atoms with E-state index < -0.39 is 6.10 Å². The van der Waals surface area contributed by atoms with Gasteiger partial charge in [-0.1, -0.05) is 306 Å². The molecule has 0 aliphatic rings. The summed E-state index contributed by atoms with van der Waals surface area (Å²) in [5, 5.41) is 0. The molecule has 0 aliphatic carbocycles. The molecule has 0 aromatic carbocycles. The van der Waals surface area contributed by atoms with E-state index in [4.69, 9.17) is 14.2 Å². The molecular formula is C70H126O6. The van der Waals surface area contributed by atoms with Crippen molar-refractivity contribution in [2.75, 3.05) is 13.2 Å². The standard InChI is InChI=1S/C70H126O6/c1-4-7-10-13-16-19-22-25-27-28-29-30-31-32-33-34-35-36-37-38-39-40-41-42-43-46-48-51-54-57-60-63-69(72)75-66-67(65-74-68(71)62-59-56-53-50-47-44-24-21-18-15-12-9-6-3)76-70(73)64-61-58-55-52-49-45-26-23-20-17-14-11-8-5-2/h7,10,16,19,23,25-27,29-30,67H,4-6,8-9,11-15,17-18,20-22,24,28,31-66H2,1-3H3/b10-7-,19-16-,26-23-,27-25-,30-29-. The van der Waals surface area contributed by atoms with Crippen LogP contribution in [0.1, 0.15) is 348 Å². The average Bonchev–Trinajstić information content (AvgIpc) is 3.42. The SMILES string of the molecule is CC/C=C\C/C=C\C/C=C\C/C=C\CCCCCCCCCCCCCCCCCCCCC(=O)OCC(COC(=O)CCCCCCCCCCCCCCC)OC(=O)CCCCCCC/C=C\CCCCCCC. The van der Waals surface area contributed by atoms with E-state index in [0.717, 1.165) is 89.9 Å². The first kappa shape index (κ1) is 73.1. The van der Waals surface area contributed by atoms with Crippen LogP contribution < -0.4 is 0 Å². The van der Waals surface area contributed by atoms with Crippen molar-refractivity contribution < 1.29 is 28.6 Å². The van der Waals surface area contributed by atoms with Crippen LogP contribution in [0.5, 0.6) is 0 Å². The number of allylic oxidation sites excluding steroid dienone is 10. The van der Waals surface area contributed by atoms with Crippen LogP contribution in [0.4, 0.5) is 0 Å². The lowest BCUT2D eigenvalue weighted by Gasteiger charge is -2.18. The normalized spacial score (nSPS) is 12.4. The second-order valence-corrected chi connectivity index (χ2v) is 22.4. The van der Waals surface area contributed by atoms with Gasteiger partial charge in [-0.3, -0.25) is 14.4 Å². The molecule has 0 spiro atoms. The second kappa shape index (κ2) is 64.6. The van der Waals surface area contributed by atoms with Crippen LogP contribution in [0.15, 0.2) is 60.8 Å². The van der Waals surface area contributed by atoms with Crippen LogP contribution in [0.25, 0.3) is 0 Å². The summed E-state index contributed by atoms with van der Waals surface area (Å²) in [5.41, 5.74) is 0.